The highest BCUT2D eigenvalue weighted by molar-refractivity contribution is 6.30. The average Bonchev–Trinajstić information content (AvgIpc) is 3.16. The lowest BCUT2D eigenvalue weighted by Crippen LogP contribution is -2.37. The van der Waals surface area contributed by atoms with E-state index in [0.717, 1.165) is 0 Å². The van der Waals surface area contributed by atoms with E-state index in [1.165, 1.54) is 6.07 Å². The number of hydrogen-bond acceptors (Lipinski definition) is 5. The summed E-state index contributed by atoms with van der Waals surface area (Å²) in [6.45, 7) is 2.11. The van der Waals surface area contributed by atoms with Crippen molar-refractivity contribution in [1.29, 1.82) is 0 Å². The van der Waals surface area contributed by atoms with Crippen molar-refractivity contribution in [2.45, 2.75) is 0 Å². The minimum absolute atomic E-state index is 0.158. The number of rotatable bonds is 4. The van der Waals surface area contributed by atoms with E-state index in [1.54, 1.807) is 42.5 Å². The van der Waals surface area contributed by atoms with E-state index in [-0.39, 0.29) is 16.8 Å². The lowest BCUT2D eigenvalue weighted by Gasteiger charge is -2.26. The summed E-state index contributed by atoms with van der Waals surface area (Å²) in [6, 6.07) is 12.9. The molecule has 1 saturated heterocycles. The van der Waals surface area contributed by atoms with Crippen LogP contribution in [0.3, 0.4) is 0 Å². The highest BCUT2D eigenvalue weighted by Crippen LogP contribution is 2.33. The third-order valence-electron chi connectivity index (χ3n) is 4.43. The Morgan fingerprint density at radius 2 is 1.82 bits per heavy atom. The van der Waals surface area contributed by atoms with Gasteiger partial charge in [0.05, 0.1) is 13.2 Å². The topological polar surface area (TPSA) is 67.6 Å². The largest absolute Gasteiger partial charge is 0.378 e. The minimum Gasteiger partial charge on any atom is -0.378 e. The molecule has 0 aliphatic carbocycles. The van der Waals surface area contributed by atoms with Crippen LogP contribution in [0.4, 0.5) is 16.0 Å². The first-order valence-electron chi connectivity index (χ1n) is 8.77. The van der Waals surface area contributed by atoms with Crippen molar-refractivity contribution in [2.24, 2.45) is 0 Å². The fourth-order valence-electron chi connectivity index (χ4n) is 3.03. The van der Waals surface area contributed by atoms with E-state index in [1.807, 2.05) is 4.90 Å². The number of anilines is 2. The molecule has 0 spiro atoms. The van der Waals surface area contributed by atoms with Crippen molar-refractivity contribution >= 4 is 29.1 Å². The predicted octanol–water partition coefficient (Wildman–Crippen LogP) is 4.22. The molecule has 0 saturated carbocycles. The van der Waals surface area contributed by atoms with E-state index in [9.17, 15) is 9.18 Å². The SMILES string of the molecule is O=C(Nc1ccc(Cl)cc1)c1c(-c2ccccc2F)noc1N1CCOCC1. The Labute approximate surface area is 165 Å². The first kappa shape index (κ1) is 18.5. The molecule has 6 nitrogen and oxygen atoms in total. The van der Waals surface area contributed by atoms with Gasteiger partial charge in [-0.15, -0.1) is 0 Å². The highest BCUT2D eigenvalue weighted by Gasteiger charge is 2.30. The van der Waals surface area contributed by atoms with E-state index in [4.69, 9.17) is 20.9 Å². The summed E-state index contributed by atoms with van der Waals surface area (Å²) in [6.07, 6.45) is 0. The molecule has 2 heterocycles. The van der Waals surface area contributed by atoms with Gasteiger partial charge in [0.15, 0.2) is 0 Å². The smallest absolute Gasteiger partial charge is 0.263 e. The molecule has 1 aromatic heterocycles. The standard InChI is InChI=1S/C20H17ClFN3O3/c21-13-5-7-14(8-6-13)23-19(26)17-18(15-3-1-2-4-16(15)22)24-28-20(17)25-9-11-27-12-10-25/h1-8H,9-12H2,(H,23,26). The fourth-order valence-corrected chi connectivity index (χ4v) is 3.16. The van der Waals surface area contributed by atoms with Crippen LogP contribution in [0.1, 0.15) is 10.4 Å². The number of morpholine rings is 1. The van der Waals surface area contributed by atoms with Crippen molar-refractivity contribution < 1.29 is 18.4 Å². The highest BCUT2D eigenvalue weighted by atomic mass is 35.5. The molecule has 8 heteroatoms. The van der Waals surface area contributed by atoms with Crippen molar-refractivity contribution in [3.05, 3.63) is 64.9 Å². The molecule has 0 atom stereocenters. The van der Waals surface area contributed by atoms with Crippen LogP contribution in [0.5, 0.6) is 0 Å². The van der Waals surface area contributed by atoms with Crippen LogP contribution in [0.25, 0.3) is 11.3 Å². The van der Waals surface area contributed by atoms with Gasteiger partial charge in [0.25, 0.3) is 5.91 Å². The summed E-state index contributed by atoms with van der Waals surface area (Å²) < 4.78 is 25.2. The monoisotopic (exact) mass is 401 g/mol. The first-order chi connectivity index (χ1) is 13.6. The number of ether oxygens (including phenoxy) is 1. The van der Waals surface area contributed by atoms with Crippen LogP contribution in [0, 0.1) is 5.82 Å². The number of amides is 1. The zero-order valence-corrected chi connectivity index (χ0v) is 15.6. The number of carbonyl (C=O) groups excluding carboxylic acids is 1. The number of aromatic nitrogens is 1. The van der Waals surface area contributed by atoms with Gasteiger partial charge in [-0.25, -0.2) is 4.39 Å². The van der Waals surface area contributed by atoms with Gasteiger partial charge in [-0.2, -0.15) is 0 Å². The molecule has 0 unspecified atom stereocenters. The first-order valence-corrected chi connectivity index (χ1v) is 9.15. The van der Waals surface area contributed by atoms with Gasteiger partial charge >= 0.3 is 0 Å². The second kappa shape index (κ2) is 8.00. The molecule has 1 fully saturated rings. The number of carbonyl (C=O) groups is 1. The van der Waals surface area contributed by atoms with Crippen LogP contribution in [-0.2, 0) is 4.74 Å². The van der Waals surface area contributed by atoms with Crippen molar-refractivity contribution in [3.63, 3.8) is 0 Å². The molecular weight excluding hydrogens is 385 g/mol. The molecule has 1 aliphatic rings. The molecule has 1 N–H and O–H groups in total. The number of halogens is 2. The molecular formula is C20H17ClFN3O3. The lowest BCUT2D eigenvalue weighted by atomic mass is 10.1. The summed E-state index contributed by atoms with van der Waals surface area (Å²) in [7, 11) is 0. The van der Waals surface area contributed by atoms with Crippen LogP contribution in [0.15, 0.2) is 53.1 Å². The molecule has 1 aliphatic heterocycles. The van der Waals surface area contributed by atoms with Crippen molar-refractivity contribution in [2.75, 3.05) is 36.5 Å². The Hall–Kier alpha value is -2.90. The van der Waals surface area contributed by atoms with E-state index < -0.39 is 11.7 Å². The summed E-state index contributed by atoms with van der Waals surface area (Å²) in [5.41, 5.74) is 1.10. The number of benzene rings is 2. The van der Waals surface area contributed by atoms with E-state index in [2.05, 4.69) is 10.5 Å². The van der Waals surface area contributed by atoms with Crippen LogP contribution in [0.2, 0.25) is 5.02 Å². The van der Waals surface area contributed by atoms with Crippen LogP contribution in [-0.4, -0.2) is 37.4 Å². The Bertz CT molecular complexity index is 985. The number of hydrogen-bond donors (Lipinski definition) is 1. The summed E-state index contributed by atoms with van der Waals surface area (Å²) in [5, 5.41) is 7.38. The van der Waals surface area contributed by atoms with Gasteiger partial charge in [0, 0.05) is 29.4 Å². The van der Waals surface area contributed by atoms with Crippen molar-refractivity contribution in [3.8, 4) is 11.3 Å². The minimum atomic E-state index is -0.482. The maximum absolute atomic E-state index is 14.4. The molecule has 0 radical (unpaired) electrons. The van der Waals surface area contributed by atoms with E-state index >= 15 is 0 Å². The Kier molecular flexibility index (Phi) is 5.27. The van der Waals surface area contributed by atoms with Crippen LogP contribution < -0.4 is 10.2 Å². The Morgan fingerprint density at radius 3 is 2.54 bits per heavy atom. The van der Waals surface area contributed by atoms with Gasteiger partial charge in [0.2, 0.25) is 5.88 Å². The molecule has 4 rings (SSSR count). The Morgan fingerprint density at radius 1 is 1.11 bits per heavy atom. The van der Waals surface area contributed by atoms with Crippen molar-refractivity contribution in [1.82, 2.24) is 5.16 Å². The molecule has 2 aromatic carbocycles. The van der Waals surface area contributed by atoms with Gasteiger partial charge in [-0.05, 0) is 36.4 Å². The molecule has 28 heavy (non-hydrogen) atoms. The van der Waals surface area contributed by atoms with Gasteiger partial charge in [-0.1, -0.05) is 28.9 Å². The maximum atomic E-state index is 14.4. The second-order valence-corrected chi connectivity index (χ2v) is 6.69. The summed E-state index contributed by atoms with van der Waals surface area (Å²) in [4.78, 5) is 15.0. The fraction of sp³-hybridized carbons (Fsp3) is 0.200. The zero-order valence-electron chi connectivity index (χ0n) is 14.8. The zero-order chi connectivity index (χ0) is 19.5. The maximum Gasteiger partial charge on any atom is 0.263 e. The van der Waals surface area contributed by atoms with Gasteiger partial charge < -0.3 is 19.5 Å². The number of nitrogens with one attached hydrogen (secondary N) is 1. The van der Waals surface area contributed by atoms with E-state index in [0.29, 0.717) is 42.9 Å². The number of nitrogens with zero attached hydrogens (tertiary/aromatic N) is 2. The molecule has 3 aromatic rings. The summed E-state index contributed by atoms with van der Waals surface area (Å²) in [5.74, 6) is -0.624. The lowest BCUT2D eigenvalue weighted by molar-refractivity contribution is 0.102. The van der Waals surface area contributed by atoms with Gasteiger partial charge in [0.1, 0.15) is 17.1 Å². The summed E-state index contributed by atoms with van der Waals surface area (Å²) >= 11 is 5.90. The predicted molar refractivity (Wildman–Crippen MR) is 104 cm³/mol. The second-order valence-electron chi connectivity index (χ2n) is 6.25. The molecule has 1 amide bonds. The molecule has 144 valence electrons. The Balaban J connectivity index is 1.75. The average molecular weight is 402 g/mol. The quantitative estimate of drug-likeness (QED) is 0.708. The normalized spacial score (nSPS) is 14.1. The third-order valence-corrected chi connectivity index (χ3v) is 4.68. The third kappa shape index (κ3) is 3.72. The molecule has 0 bridgehead atoms. The van der Waals surface area contributed by atoms with Crippen LogP contribution >= 0.6 is 11.6 Å². The van der Waals surface area contributed by atoms with Gasteiger partial charge in [-0.3, -0.25) is 4.79 Å².